The number of rotatable bonds is 2. The van der Waals surface area contributed by atoms with E-state index in [1.807, 2.05) is 6.07 Å². The van der Waals surface area contributed by atoms with E-state index in [0.717, 1.165) is 13.2 Å². The standard InChI is InChI=1S/C6H10N2O/c7-2-1-6(8)5-3-9-4-5/h5-6H,1,3-4,8H2. The lowest BCUT2D eigenvalue weighted by Gasteiger charge is -2.29. The monoisotopic (exact) mass is 126 g/mol. The Morgan fingerprint density at radius 1 is 1.78 bits per heavy atom. The van der Waals surface area contributed by atoms with Crippen molar-refractivity contribution in [2.24, 2.45) is 11.7 Å². The predicted molar refractivity (Wildman–Crippen MR) is 32.5 cm³/mol. The van der Waals surface area contributed by atoms with E-state index in [2.05, 4.69) is 0 Å². The summed E-state index contributed by atoms with van der Waals surface area (Å²) in [5, 5.41) is 8.23. The molecule has 0 aliphatic carbocycles. The number of nitrogens with zero attached hydrogens (tertiary/aromatic N) is 1. The first-order chi connectivity index (χ1) is 4.34. The zero-order chi connectivity index (χ0) is 6.69. The van der Waals surface area contributed by atoms with E-state index >= 15 is 0 Å². The van der Waals surface area contributed by atoms with Gasteiger partial charge in [0.2, 0.25) is 0 Å². The first kappa shape index (κ1) is 6.53. The van der Waals surface area contributed by atoms with E-state index in [1.165, 1.54) is 0 Å². The third-order valence-corrected chi connectivity index (χ3v) is 1.60. The van der Waals surface area contributed by atoms with Gasteiger partial charge in [-0.15, -0.1) is 0 Å². The van der Waals surface area contributed by atoms with E-state index in [4.69, 9.17) is 15.7 Å². The van der Waals surface area contributed by atoms with Gasteiger partial charge in [0.05, 0.1) is 25.7 Å². The highest BCUT2D eigenvalue weighted by molar-refractivity contribution is 4.85. The van der Waals surface area contributed by atoms with Gasteiger partial charge in [-0.2, -0.15) is 5.26 Å². The molecule has 0 aromatic rings. The highest BCUT2D eigenvalue weighted by Crippen LogP contribution is 2.14. The minimum absolute atomic E-state index is 0.0312. The van der Waals surface area contributed by atoms with E-state index in [-0.39, 0.29) is 6.04 Å². The fraction of sp³-hybridized carbons (Fsp3) is 0.833. The Morgan fingerprint density at radius 2 is 2.44 bits per heavy atom. The predicted octanol–water partition coefficient (Wildman–Crippen LogP) is -0.126. The Balaban J connectivity index is 2.17. The Labute approximate surface area is 54.4 Å². The second kappa shape index (κ2) is 2.81. The maximum absolute atomic E-state index is 8.23. The summed E-state index contributed by atoms with van der Waals surface area (Å²) >= 11 is 0. The van der Waals surface area contributed by atoms with Crippen LogP contribution in [-0.2, 0) is 4.74 Å². The van der Waals surface area contributed by atoms with Crippen LogP contribution in [0.25, 0.3) is 0 Å². The molecule has 0 saturated carbocycles. The smallest absolute Gasteiger partial charge is 0.0638 e. The molecule has 3 nitrogen and oxygen atoms in total. The van der Waals surface area contributed by atoms with Crippen LogP contribution in [0, 0.1) is 17.2 Å². The molecule has 1 aliphatic rings. The summed E-state index contributed by atoms with van der Waals surface area (Å²) in [6.07, 6.45) is 0.452. The van der Waals surface area contributed by atoms with Gasteiger partial charge in [0, 0.05) is 12.0 Å². The van der Waals surface area contributed by atoms with Crippen LogP contribution >= 0.6 is 0 Å². The van der Waals surface area contributed by atoms with Crippen molar-refractivity contribution in [2.45, 2.75) is 12.5 Å². The van der Waals surface area contributed by atoms with Gasteiger partial charge in [0.25, 0.3) is 0 Å². The minimum Gasteiger partial charge on any atom is -0.381 e. The Morgan fingerprint density at radius 3 is 2.78 bits per heavy atom. The van der Waals surface area contributed by atoms with Gasteiger partial charge < -0.3 is 10.5 Å². The van der Waals surface area contributed by atoms with Gasteiger partial charge in [-0.25, -0.2) is 0 Å². The van der Waals surface area contributed by atoms with Crippen molar-refractivity contribution in [3.05, 3.63) is 0 Å². The average molecular weight is 126 g/mol. The fourth-order valence-corrected chi connectivity index (χ4v) is 0.773. The van der Waals surface area contributed by atoms with E-state index in [0.29, 0.717) is 12.3 Å². The Bertz CT molecular complexity index is 126. The van der Waals surface area contributed by atoms with Gasteiger partial charge in [-0.1, -0.05) is 0 Å². The Hall–Kier alpha value is -0.590. The first-order valence-electron chi connectivity index (χ1n) is 3.05. The summed E-state index contributed by atoms with van der Waals surface area (Å²) in [6, 6.07) is 2.07. The van der Waals surface area contributed by atoms with Crippen LogP contribution in [0.4, 0.5) is 0 Å². The largest absolute Gasteiger partial charge is 0.381 e. The molecule has 3 heteroatoms. The molecule has 0 bridgehead atoms. The molecule has 1 atom stereocenters. The molecule has 0 radical (unpaired) electrons. The van der Waals surface area contributed by atoms with Gasteiger partial charge in [0.15, 0.2) is 0 Å². The molecule has 0 amide bonds. The molecule has 9 heavy (non-hydrogen) atoms. The molecule has 0 spiro atoms. The molecule has 50 valence electrons. The molecule has 1 heterocycles. The zero-order valence-corrected chi connectivity index (χ0v) is 5.21. The third-order valence-electron chi connectivity index (χ3n) is 1.60. The maximum Gasteiger partial charge on any atom is 0.0638 e. The lowest BCUT2D eigenvalue weighted by atomic mass is 9.97. The van der Waals surface area contributed by atoms with Crippen molar-refractivity contribution in [3.63, 3.8) is 0 Å². The van der Waals surface area contributed by atoms with Gasteiger partial charge >= 0.3 is 0 Å². The summed E-state index contributed by atoms with van der Waals surface area (Å²) < 4.78 is 4.91. The van der Waals surface area contributed by atoms with Crippen molar-refractivity contribution in [1.82, 2.24) is 0 Å². The zero-order valence-electron chi connectivity index (χ0n) is 5.21. The van der Waals surface area contributed by atoms with E-state index in [9.17, 15) is 0 Å². The van der Waals surface area contributed by atoms with Crippen molar-refractivity contribution in [3.8, 4) is 6.07 Å². The molecule has 1 rings (SSSR count). The Kier molecular flexibility index (Phi) is 2.04. The highest BCUT2D eigenvalue weighted by Gasteiger charge is 2.24. The molecular weight excluding hydrogens is 116 g/mol. The third kappa shape index (κ3) is 1.41. The topological polar surface area (TPSA) is 59.0 Å². The highest BCUT2D eigenvalue weighted by atomic mass is 16.5. The number of nitriles is 1. The van der Waals surface area contributed by atoms with E-state index < -0.39 is 0 Å². The molecule has 1 saturated heterocycles. The molecule has 1 aliphatic heterocycles. The normalized spacial score (nSPS) is 22.2. The van der Waals surface area contributed by atoms with Crippen LogP contribution in [0.5, 0.6) is 0 Å². The quantitative estimate of drug-likeness (QED) is 0.560. The van der Waals surface area contributed by atoms with Crippen LogP contribution in [0.15, 0.2) is 0 Å². The summed E-state index contributed by atoms with van der Waals surface area (Å²) in [5.41, 5.74) is 5.59. The number of hydrogen-bond acceptors (Lipinski definition) is 3. The van der Waals surface area contributed by atoms with Gasteiger partial charge in [-0.05, 0) is 0 Å². The van der Waals surface area contributed by atoms with Crippen molar-refractivity contribution < 1.29 is 4.74 Å². The number of hydrogen-bond donors (Lipinski definition) is 1. The van der Waals surface area contributed by atoms with Crippen molar-refractivity contribution in [2.75, 3.05) is 13.2 Å². The van der Waals surface area contributed by atoms with Gasteiger partial charge in [0.1, 0.15) is 0 Å². The van der Waals surface area contributed by atoms with Crippen LogP contribution in [0.1, 0.15) is 6.42 Å². The SMILES string of the molecule is N#CCC(N)C1COC1. The van der Waals surface area contributed by atoms with Crippen LogP contribution in [0.2, 0.25) is 0 Å². The summed E-state index contributed by atoms with van der Waals surface area (Å²) in [4.78, 5) is 0. The van der Waals surface area contributed by atoms with Crippen LogP contribution < -0.4 is 5.73 Å². The average Bonchev–Trinajstić information content (AvgIpc) is 1.60. The summed E-state index contributed by atoms with van der Waals surface area (Å²) in [7, 11) is 0. The summed E-state index contributed by atoms with van der Waals surface area (Å²) in [5.74, 6) is 0.435. The second-order valence-corrected chi connectivity index (χ2v) is 2.32. The molecule has 2 N–H and O–H groups in total. The first-order valence-corrected chi connectivity index (χ1v) is 3.05. The molecular formula is C6H10N2O. The second-order valence-electron chi connectivity index (χ2n) is 2.32. The fourth-order valence-electron chi connectivity index (χ4n) is 0.773. The van der Waals surface area contributed by atoms with Gasteiger partial charge in [-0.3, -0.25) is 0 Å². The maximum atomic E-state index is 8.23. The number of ether oxygens (including phenoxy) is 1. The van der Waals surface area contributed by atoms with E-state index in [1.54, 1.807) is 0 Å². The minimum atomic E-state index is 0.0312. The van der Waals surface area contributed by atoms with Crippen molar-refractivity contribution in [1.29, 1.82) is 5.26 Å². The summed E-state index contributed by atoms with van der Waals surface area (Å²) in [6.45, 7) is 1.48. The van der Waals surface area contributed by atoms with Crippen LogP contribution in [0.3, 0.4) is 0 Å². The van der Waals surface area contributed by atoms with Crippen molar-refractivity contribution >= 4 is 0 Å². The molecule has 0 aromatic heterocycles. The molecule has 1 fully saturated rings. The van der Waals surface area contributed by atoms with Crippen LogP contribution in [-0.4, -0.2) is 19.3 Å². The molecule has 1 unspecified atom stereocenters. The molecule has 0 aromatic carbocycles. The number of nitrogens with two attached hydrogens (primary N) is 1. The lowest BCUT2D eigenvalue weighted by molar-refractivity contribution is -0.0428. The lowest BCUT2D eigenvalue weighted by Crippen LogP contribution is -2.42.